The maximum atomic E-state index is 12.3. The number of H-pyrrole nitrogens is 1. The fourth-order valence-electron chi connectivity index (χ4n) is 2.90. The van der Waals surface area contributed by atoms with Crippen molar-refractivity contribution in [1.29, 1.82) is 0 Å². The van der Waals surface area contributed by atoms with Gasteiger partial charge in [0.2, 0.25) is 0 Å². The minimum atomic E-state index is -0.184. The van der Waals surface area contributed by atoms with Crippen molar-refractivity contribution < 1.29 is 0 Å². The highest BCUT2D eigenvalue weighted by molar-refractivity contribution is 7.80. The van der Waals surface area contributed by atoms with Crippen molar-refractivity contribution >= 4 is 45.5 Å². The molecule has 0 radical (unpaired) electrons. The number of anilines is 1. The number of hydrogen-bond acceptors (Lipinski definition) is 3. The molecule has 1 aromatic heterocycles. The number of rotatable bonds is 5. The number of aromatic amines is 1. The van der Waals surface area contributed by atoms with E-state index in [1.54, 1.807) is 18.2 Å². The smallest absolute Gasteiger partial charge is 0.258 e. The summed E-state index contributed by atoms with van der Waals surface area (Å²) in [5.74, 6) is 1.03. The lowest BCUT2D eigenvalue weighted by Gasteiger charge is -2.24. The number of thiocarbonyl (C=S) groups is 1. The third-order valence-corrected chi connectivity index (χ3v) is 5.15. The van der Waals surface area contributed by atoms with Gasteiger partial charge in [-0.3, -0.25) is 4.79 Å². The molecule has 5 nitrogen and oxygen atoms in total. The van der Waals surface area contributed by atoms with Crippen molar-refractivity contribution in [1.82, 2.24) is 14.9 Å². The molecule has 3 rings (SSSR count). The van der Waals surface area contributed by atoms with Gasteiger partial charge in [0.15, 0.2) is 5.11 Å². The average Bonchev–Trinajstić information content (AvgIpc) is 2.66. The number of hydrogen-bond donors (Lipinski definition) is 2. The van der Waals surface area contributed by atoms with E-state index in [0.717, 1.165) is 5.69 Å². The van der Waals surface area contributed by atoms with E-state index in [4.69, 9.17) is 23.8 Å². The van der Waals surface area contributed by atoms with E-state index in [-0.39, 0.29) is 5.56 Å². The highest BCUT2D eigenvalue weighted by atomic mass is 35.5. The average molecular weight is 415 g/mol. The van der Waals surface area contributed by atoms with Crippen LogP contribution in [0.5, 0.6) is 0 Å². The fourth-order valence-corrected chi connectivity index (χ4v) is 3.38. The molecule has 0 fully saturated rings. The molecule has 0 aliphatic carbocycles. The van der Waals surface area contributed by atoms with Crippen molar-refractivity contribution in [2.24, 2.45) is 0 Å². The second-order valence-electron chi connectivity index (χ2n) is 6.90. The van der Waals surface area contributed by atoms with Gasteiger partial charge in [-0.2, -0.15) is 0 Å². The molecule has 0 bridgehead atoms. The second-order valence-corrected chi connectivity index (χ2v) is 7.72. The van der Waals surface area contributed by atoms with E-state index >= 15 is 0 Å². The Kier molecular flexibility index (Phi) is 6.31. The first kappa shape index (κ1) is 20.3. The van der Waals surface area contributed by atoms with Crippen molar-refractivity contribution in [3.63, 3.8) is 0 Å². The summed E-state index contributed by atoms with van der Waals surface area (Å²) in [5.41, 5.74) is 2.60. The zero-order valence-electron chi connectivity index (χ0n) is 16.1. The highest BCUT2D eigenvalue weighted by Crippen LogP contribution is 2.18. The maximum Gasteiger partial charge on any atom is 0.258 e. The lowest BCUT2D eigenvalue weighted by atomic mass is 10.0. The van der Waals surface area contributed by atoms with Crippen LogP contribution in [0.2, 0.25) is 5.02 Å². The van der Waals surface area contributed by atoms with Crippen molar-refractivity contribution in [3.05, 3.63) is 69.2 Å². The molecule has 0 unspecified atom stereocenters. The third kappa shape index (κ3) is 4.69. The van der Waals surface area contributed by atoms with Gasteiger partial charge in [0, 0.05) is 17.3 Å². The van der Waals surface area contributed by atoms with Gasteiger partial charge in [0.25, 0.3) is 5.56 Å². The number of benzene rings is 2. The Balaban J connectivity index is 1.77. The van der Waals surface area contributed by atoms with Crippen molar-refractivity contribution in [2.45, 2.75) is 33.2 Å². The van der Waals surface area contributed by atoms with E-state index in [1.165, 1.54) is 5.56 Å². The summed E-state index contributed by atoms with van der Waals surface area (Å²) in [6.07, 6.45) is 0. The zero-order chi connectivity index (χ0) is 20.3. The number of fused-ring (bicyclic) bond motifs is 1. The van der Waals surface area contributed by atoms with Crippen molar-refractivity contribution in [3.8, 4) is 0 Å². The highest BCUT2D eigenvalue weighted by Gasteiger charge is 2.12. The Morgan fingerprint density at radius 1 is 1.25 bits per heavy atom. The molecule has 3 aromatic rings. The molecular formula is C21H23ClN4OS. The molecule has 0 atom stereocenters. The molecule has 28 heavy (non-hydrogen) atoms. The van der Waals surface area contributed by atoms with Crippen molar-refractivity contribution in [2.75, 3.05) is 11.9 Å². The standard InChI is InChI=1S/C21H23ClN4OS/c1-4-26(21(28)23-16-8-5-14(6-9-16)13(2)3)12-19-24-18-11-15(22)7-10-17(18)20(27)25-19/h5-11,13H,4,12H2,1-3H3,(H,23,28)(H,24,25,27). The molecule has 1 heterocycles. The number of nitrogens with one attached hydrogen (secondary N) is 2. The maximum absolute atomic E-state index is 12.3. The van der Waals surface area contributed by atoms with Crippen LogP contribution < -0.4 is 10.9 Å². The monoisotopic (exact) mass is 414 g/mol. The Morgan fingerprint density at radius 2 is 1.96 bits per heavy atom. The number of aromatic nitrogens is 2. The van der Waals surface area contributed by atoms with Gasteiger partial charge in [0.05, 0.1) is 17.4 Å². The first-order valence-corrected chi connectivity index (χ1v) is 10.0. The second kappa shape index (κ2) is 8.71. The Hall–Kier alpha value is -2.44. The predicted octanol–water partition coefficient (Wildman–Crippen LogP) is 4.92. The van der Waals surface area contributed by atoms with Gasteiger partial charge in [-0.25, -0.2) is 4.98 Å². The number of nitrogens with zero attached hydrogens (tertiary/aromatic N) is 2. The molecule has 146 valence electrons. The van der Waals surface area contributed by atoms with Gasteiger partial charge >= 0.3 is 0 Å². The van der Waals surface area contributed by atoms with Crippen LogP contribution in [0.4, 0.5) is 5.69 Å². The van der Waals surface area contributed by atoms with Crippen LogP contribution in [-0.2, 0) is 6.54 Å². The van der Waals surface area contributed by atoms with E-state index in [2.05, 4.69) is 41.3 Å². The molecule has 0 amide bonds. The minimum absolute atomic E-state index is 0.184. The van der Waals surface area contributed by atoms with Crippen LogP contribution in [-0.4, -0.2) is 26.5 Å². The lowest BCUT2D eigenvalue weighted by Crippen LogP contribution is -2.35. The van der Waals surface area contributed by atoms with Crippen LogP contribution in [0.15, 0.2) is 47.3 Å². The molecule has 0 spiro atoms. The third-order valence-electron chi connectivity index (χ3n) is 4.56. The molecular weight excluding hydrogens is 392 g/mol. The molecule has 0 saturated heterocycles. The summed E-state index contributed by atoms with van der Waals surface area (Å²) >= 11 is 11.6. The minimum Gasteiger partial charge on any atom is -0.342 e. The van der Waals surface area contributed by atoms with Gasteiger partial charge in [-0.15, -0.1) is 0 Å². The zero-order valence-corrected chi connectivity index (χ0v) is 17.7. The molecule has 0 aliphatic heterocycles. The van der Waals surface area contributed by atoms with E-state index in [0.29, 0.717) is 45.9 Å². The first-order valence-electron chi connectivity index (χ1n) is 9.21. The Bertz CT molecular complexity index is 1050. The lowest BCUT2D eigenvalue weighted by molar-refractivity contribution is 0.429. The van der Waals surface area contributed by atoms with E-state index in [1.807, 2.05) is 24.0 Å². The van der Waals surface area contributed by atoms with Crippen LogP contribution in [0.25, 0.3) is 10.9 Å². The predicted molar refractivity (Wildman–Crippen MR) is 120 cm³/mol. The van der Waals surface area contributed by atoms with Gasteiger partial charge < -0.3 is 15.2 Å². The topological polar surface area (TPSA) is 61.0 Å². The van der Waals surface area contributed by atoms with Gasteiger partial charge in [-0.1, -0.05) is 37.6 Å². The van der Waals surface area contributed by atoms with Gasteiger partial charge in [-0.05, 0) is 61.0 Å². The summed E-state index contributed by atoms with van der Waals surface area (Å²) in [5, 5.41) is 4.90. The Morgan fingerprint density at radius 3 is 2.61 bits per heavy atom. The van der Waals surface area contributed by atoms with Crippen LogP contribution in [0.3, 0.4) is 0 Å². The van der Waals surface area contributed by atoms with E-state index < -0.39 is 0 Å². The van der Waals surface area contributed by atoms with Crippen LogP contribution in [0.1, 0.15) is 38.1 Å². The van der Waals surface area contributed by atoms with Crippen LogP contribution >= 0.6 is 23.8 Å². The number of halogens is 1. The summed E-state index contributed by atoms with van der Waals surface area (Å²) in [4.78, 5) is 21.6. The Labute approximate surface area is 174 Å². The molecule has 0 saturated carbocycles. The fraction of sp³-hybridized carbons (Fsp3) is 0.286. The summed E-state index contributed by atoms with van der Waals surface area (Å²) in [7, 11) is 0. The van der Waals surface area contributed by atoms with Crippen LogP contribution in [0, 0.1) is 0 Å². The largest absolute Gasteiger partial charge is 0.342 e. The molecule has 2 N–H and O–H groups in total. The first-order chi connectivity index (χ1) is 13.4. The van der Waals surface area contributed by atoms with Gasteiger partial charge in [0.1, 0.15) is 5.82 Å². The molecule has 0 aliphatic rings. The molecule has 2 aromatic carbocycles. The van der Waals surface area contributed by atoms with E-state index in [9.17, 15) is 4.79 Å². The molecule has 7 heteroatoms. The summed E-state index contributed by atoms with van der Waals surface area (Å²) in [6, 6.07) is 13.3. The normalized spacial score (nSPS) is 11.0. The summed E-state index contributed by atoms with van der Waals surface area (Å²) in [6.45, 7) is 7.40. The SMILES string of the molecule is CCN(Cc1nc2cc(Cl)ccc2c(=O)[nH]1)C(=S)Nc1ccc(C(C)C)cc1. The quantitative estimate of drug-likeness (QED) is 0.580. The summed E-state index contributed by atoms with van der Waals surface area (Å²) < 4.78 is 0.